The van der Waals surface area contributed by atoms with Crippen molar-refractivity contribution in [1.29, 1.82) is 0 Å². The molecule has 1 saturated carbocycles. The largest absolute Gasteiger partial charge is 0.354 e. The average Bonchev–Trinajstić information content (AvgIpc) is 3.19. The third kappa shape index (κ3) is 3.37. The minimum absolute atomic E-state index is 0.0275. The zero-order valence-electron chi connectivity index (χ0n) is 12.0. The molecule has 1 atom stereocenters. The highest BCUT2D eigenvalue weighted by atomic mass is 32.2. The molecule has 3 rings (SSSR count). The van der Waals surface area contributed by atoms with Crippen molar-refractivity contribution < 1.29 is 9.59 Å². The number of amides is 2. The van der Waals surface area contributed by atoms with Crippen LogP contribution in [0.4, 0.5) is 0 Å². The van der Waals surface area contributed by atoms with Crippen LogP contribution in [0, 0.1) is 12.8 Å². The second-order valence-electron chi connectivity index (χ2n) is 5.67. The Kier molecular flexibility index (Phi) is 4.14. The lowest BCUT2D eigenvalue weighted by atomic mass is 10.2. The summed E-state index contributed by atoms with van der Waals surface area (Å²) in [4.78, 5) is 30.6. The lowest BCUT2D eigenvalue weighted by molar-refractivity contribution is -0.124. The number of carbonyl (C=O) groups is 2. The molecule has 1 saturated heterocycles. The summed E-state index contributed by atoms with van der Waals surface area (Å²) in [7, 11) is 0. The van der Waals surface area contributed by atoms with E-state index in [9.17, 15) is 9.59 Å². The quantitative estimate of drug-likeness (QED) is 0.914. The molecule has 1 aliphatic heterocycles. The molecule has 5 nitrogen and oxygen atoms in total. The number of rotatable bonds is 4. The summed E-state index contributed by atoms with van der Waals surface area (Å²) in [6, 6.07) is 3.23. The number of hydrogen-bond acceptors (Lipinski definition) is 4. The first-order valence-electron chi connectivity index (χ1n) is 7.24. The highest BCUT2D eigenvalue weighted by Crippen LogP contribution is 2.28. The standard InChI is InChI=1S/C15H19N3O2S/c1-10-2-5-12(7-16-10)15(20)18-9-21-8-13(18)14(19)17-6-11-3-4-11/h2,5,7,11,13H,3-4,6,8-9H2,1H3,(H,17,19)/t13-/m1/s1. The fraction of sp³-hybridized carbons (Fsp3) is 0.533. The summed E-state index contributed by atoms with van der Waals surface area (Å²) in [6.07, 6.45) is 3.99. The first-order valence-corrected chi connectivity index (χ1v) is 8.39. The van der Waals surface area contributed by atoms with Crippen molar-refractivity contribution in [1.82, 2.24) is 15.2 Å². The van der Waals surface area contributed by atoms with Gasteiger partial charge in [-0.05, 0) is 37.8 Å². The molecule has 2 amide bonds. The molecule has 2 aliphatic rings. The minimum atomic E-state index is -0.359. The molecule has 6 heteroatoms. The third-order valence-electron chi connectivity index (χ3n) is 3.87. The van der Waals surface area contributed by atoms with Crippen molar-refractivity contribution in [2.24, 2.45) is 5.92 Å². The molecule has 112 valence electrons. The van der Waals surface area contributed by atoms with E-state index in [4.69, 9.17) is 0 Å². The van der Waals surface area contributed by atoms with Crippen LogP contribution in [0.25, 0.3) is 0 Å². The molecule has 1 N–H and O–H groups in total. The molecule has 2 fully saturated rings. The van der Waals surface area contributed by atoms with Crippen molar-refractivity contribution in [2.45, 2.75) is 25.8 Å². The summed E-state index contributed by atoms with van der Waals surface area (Å²) < 4.78 is 0. The predicted octanol–water partition coefficient (Wildman–Crippen LogP) is 1.43. The van der Waals surface area contributed by atoms with Crippen molar-refractivity contribution in [2.75, 3.05) is 18.2 Å². The number of aromatic nitrogens is 1. The van der Waals surface area contributed by atoms with Gasteiger partial charge in [-0.1, -0.05) is 0 Å². The molecule has 0 spiro atoms. The molecule has 1 aromatic heterocycles. The Labute approximate surface area is 128 Å². The molecular formula is C15H19N3O2S. The fourth-order valence-electron chi connectivity index (χ4n) is 2.30. The van der Waals surface area contributed by atoms with Crippen LogP contribution in [0.3, 0.4) is 0 Å². The number of aryl methyl sites for hydroxylation is 1. The maximum absolute atomic E-state index is 12.5. The van der Waals surface area contributed by atoms with Crippen LogP contribution in [-0.4, -0.2) is 45.9 Å². The SMILES string of the molecule is Cc1ccc(C(=O)N2CSC[C@@H]2C(=O)NCC2CC2)cn1. The van der Waals surface area contributed by atoms with Gasteiger partial charge < -0.3 is 10.2 Å². The van der Waals surface area contributed by atoms with Crippen molar-refractivity contribution in [3.8, 4) is 0 Å². The van der Waals surface area contributed by atoms with Gasteiger partial charge in [0.1, 0.15) is 6.04 Å². The Morgan fingerprint density at radius 2 is 2.24 bits per heavy atom. The van der Waals surface area contributed by atoms with E-state index < -0.39 is 0 Å². The number of carbonyl (C=O) groups excluding carboxylic acids is 2. The summed E-state index contributed by atoms with van der Waals surface area (Å²) in [5.74, 6) is 1.74. The Hall–Kier alpha value is -1.56. The number of thioether (sulfide) groups is 1. The number of hydrogen-bond donors (Lipinski definition) is 1. The Balaban J connectivity index is 1.66. The van der Waals surface area contributed by atoms with Crippen LogP contribution in [0.2, 0.25) is 0 Å². The summed E-state index contributed by atoms with van der Waals surface area (Å²) in [5.41, 5.74) is 1.42. The number of nitrogens with one attached hydrogen (secondary N) is 1. The molecule has 0 aromatic carbocycles. The van der Waals surface area contributed by atoms with Crippen molar-refractivity contribution >= 4 is 23.6 Å². The zero-order valence-corrected chi connectivity index (χ0v) is 12.9. The first-order chi connectivity index (χ1) is 10.1. The molecule has 0 bridgehead atoms. The normalized spacial score (nSPS) is 21.4. The molecule has 1 aromatic rings. The van der Waals surface area contributed by atoms with Gasteiger partial charge >= 0.3 is 0 Å². The van der Waals surface area contributed by atoms with Gasteiger partial charge in [0.2, 0.25) is 5.91 Å². The van der Waals surface area contributed by atoms with Crippen LogP contribution in [0.15, 0.2) is 18.3 Å². The Bertz CT molecular complexity index is 542. The van der Waals surface area contributed by atoms with Gasteiger partial charge in [0.15, 0.2) is 0 Å². The van der Waals surface area contributed by atoms with E-state index in [1.807, 2.05) is 13.0 Å². The average molecular weight is 305 g/mol. The van der Waals surface area contributed by atoms with Crippen LogP contribution in [0.5, 0.6) is 0 Å². The van der Waals surface area contributed by atoms with Gasteiger partial charge in [-0.3, -0.25) is 14.6 Å². The minimum Gasteiger partial charge on any atom is -0.354 e. The second-order valence-corrected chi connectivity index (χ2v) is 6.67. The van der Waals surface area contributed by atoms with E-state index in [0.29, 0.717) is 23.1 Å². The van der Waals surface area contributed by atoms with Gasteiger partial charge in [0.05, 0.1) is 11.4 Å². The molecule has 0 radical (unpaired) electrons. The summed E-state index contributed by atoms with van der Waals surface area (Å²) in [6.45, 7) is 2.63. The topological polar surface area (TPSA) is 62.3 Å². The first kappa shape index (κ1) is 14.4. The maximum atomic E-state index is 12.5. The molecule has 21 heavy (non-hydrogen) atoms. The van der Waals surface area contributed by atoms with E-state index in [1.165, 1.54) is 12.8 Å². The lowest BCUT2D eigenvalue weighted by Crippen LogP contribution is -2.47. The Morgan fingerprint density at radius 1 is 1.43 bits per heavy atom. The molecular weight excluding hydrogens is 286 g/mol. The van der Waals surface area contributed by atoms with E-state index >= 15 is 0 Å². The third-order valence-corrected chi connectivity index (χ3v) is 4.88. The summed E-state index contributed by atoms with van der Waals surface area (Å²) in [5, 5.41) is 2.97. The highest BCUT2D eigenvalue weighted by Gasteiger charge is 2.35. The molecule has 0 unspecified atom stereocenters. The van der Waals surface area contributed by atoms with E-state index in [-0.39, 0.29) is 17.9 Å². The fourth-order valence-corrected chi connectivity index (χ4v) is 3.46. The zero-order chi connectivity index (χ0) is 14.8. The second kappa shape index (κ2) is 6.05. The van der Waals surface area contributed by atoms with Gasteiger partial charge in [0.25, 0.3) is 5.91 Å². The van der Waals surface area contributed by atoms with Crippen LogP contribution in [-0.2, 0) is 4.79 Å². The van der Waals surface area contributed by atoms with Gasteiger partial charge in [-0.25, -0.2) is 0 Å². The highest BCUT2D eigenvalue weighted by molar-refractivity contribution is 7.99. The maximum Gasteiger partial charge on any atom is 0.256 e. The van der Waals surface area contributed by atoms with E-state index in [2.05, 4.69) is 10.3 Å². The lowest BCUT2D eigenvalue weighted by Gasteiger charge is -2.23. The van der Waals surface area contributed by atoms with E-state index in [1.54, 1.807) is 28.9 Å². The van der Waals surface area contributed by atoms with E-state index in [0.717, 1.165) is 12.2 Å². The number of nitrogens with zero attached hydrogens (tertiary/aromatic N) is 2. The molecule has 2 heterocycles. The summed E-state index contributed by atoms with van der Waals surface area (Å²) >= 11 is 1.62. The number of pyridine rings is 1. The van der Waals surface area contributed by atoms with Gasteiger partial charge in [-0.2, -0.15) is 0 Å². The smallest absolute Gasteiger partial charge is 0.256 e. The predicted molar refractivity (Wildman–Crippen MR) is 82.0 cm³/mol. The molecule has 1 aliphatic carbocycles. The van der Waals surface area contributed by atoms with Crippen LogP contribution < -0.4 is 5.32 Å². The van der Waals surface area contributed by atoms with Crippen molar-refractivity contribution in [3.05, 3.63) is 29.6 Å². The van der Waals surface area contributed by atoms with Crippen LogP contribution >= 0.6 is 11.8 Å². The monoisotopic (exact) mass is 305 g/mol. The van der Waals surface area contributed by atoms with Gasteiger partial charge in [-0.15, -0.1) is 11.8 Å². The Morgan fingerprint density at radius 3 is 2.90 bits per heavy atom. The van der Waals surface area contributed by atoms with Crippen LogP contribution in [0.1, 0.15) is 28.9 Å². The van der Waals surface area contributed by atoms with Gasteiger partial charge in [0, 0.05) is 24.2 Å². The van der Waals surface area contributed by atoms with Crippen molar-refractivity contribution in [3.63, 3.8) is 0 Å².